The minimum Gasteiger partial charge on any atom is -0.260 e. The summed E-state index contributed by atoms with van der Waals surface area (Å²) < 4.78 is 27.6. The van der Waals surface area contributed by atoms with Gasteiger partial charge in [-0.3, -0.25) is 4.98 Å². The molecule has 1 saturated carbocycles. The molecule has 104 valence electrons. The molecule has 0 spiro atoms. The molecule has 4 nitrogen and oxygen atoms in total. The molecule has 2 heterocycles. The van der Waals surface area contributed by atoms with Gasteiger partial charge in [-0.25, -0.2) is 8.42 Å². The predicted molar refractivity (Wildman–Crippen MR) is 77.1 cm³/mol. The Morgan fingerprint density at radius 1 is 1.47 bits per heavy atom. The van der Waals surface area contributed by atoms with Crippen LogP contribution >= 0.6 is 15.9 Å². The Balaban J connectivity index is 1.84. The van der Waals surface area contributed by atoms with Gasteiger partial charge in [0, 0.05) is 29.0 Å². The van der Waals surface area contributed by atoms with E-state index >= 15 is 0 Å². The van der Waals surface area contributed by atoms with Gasteiger partial charge in [0.25, 0.3) is 0 Å². The molecule has 1 saturated heterocycles. The zero-order valence-corrected chi connectivity index (χ0v) is 13.2. The molecule has 0 aromatic carbocycles. The lowest BCUT2D eigenvalue weighted by Gasteiger charge is -2.26. The van der Waals surface area contributed by atoms with Crippen molar-refractivity contribution in [3.8, 4) is 0 Å². The number of sulfonamides is 1. The summed E-state index contributed by atoms with van der Waals surface area (Å²) in [5, 5.41) is 0. The Morgan fingerprint density at radius 3 is 2.89 bits per heavy atom. The van der Waals surface area contributed by atoms with Gasteiger partial charge in [-0.2, -0.15) is 4.31 Å². The summed E-state index contributed by atoms with van der Waals surface area (Å²) in [4.78, 5) is 4.21. The van der Waals surface area contributed by atoms with Crippen molar-refractivity contribution in [1.82, 2.24) is 9.29 Å². The molecule has 1 aromatic heterocycles. The molecule has 1 aromatic rings. The Kier molecular flexibility index (Phi) is 3.43. The van der Waals surface area contributed by atoms with Crippen LogP contribution < -0.4 is 0 Å². The number of pyridine rings is 1. The van der Waals surface area contributed by atoms with E-state index in [2.05, 4.69) is 20.9 Å². The van der Waals surface area contributed by atoms with Crippen molar-refractivity contribution in [2.75, 3.05) is 6.54 Å². The SMILES string of the molecule is Cc1ncc(Br)cc1CS(=O)(=O)N1CC2CCC1C2. The number of aryl methyl sites for hydroxylation is 1. The summed E-state index contributed by atoms with van der Waals surface area (Å²) in [6, 6.07) is 2.10. The van der Waals surface area contributed by atoms with Crippen LogP contribution in [-0.4, -0.2) is 30.3 Å². The molecule has 2 atom stereocenters. The van der Waals surface area contributed by atoms with E-state index in [9.17, 15) is 8.42 Å². The number of nitrogens with zero attached hydrogens (tertiary/aromatic N) is 2. The molecule has 2 unspecified atom stereocenters. The summed E-state index contributed by atoms with van der Waals surface area (Å²) in [5.41, 5.74) is 1.58. The highest BCUT2D eigenvalue weighted by Gasteiger charge is 2.43. The third-order valence-corrected chi connectivity index (χ3v) is 6.48. The molecule has 6 heteroatoms. The normalized spacial score (nSPS) is 27.1. The Bertz CT molecular complexity index is 603. The minimum atomic E-state index is -3.21. The van der Waals surface area contributed by atoms with Crippen LogP contribution in [0.1, 0.15) is 30.5 Å². The van der Waals surface area contributed by atoms with Crippen LogP contribution in [-0.2, 0) is 15.8 Å². The first-order chi connectivity index (χ1) is 8.95. The highest BCUT2D eigenvalue weighted by Crippen LogP contribution is 2.39. The Hall–Kier alpha value is -0.460. The number of rotatable bonds is 3. The largest absolute Gasteiger partial charge is 0.260 e. The Labute approximate surface area is 122 Å². The van der Waals surface area contributed by atoms with Crippen molar-refractivity contribution in [1.29, 1.82) is 0 Å². The van der Waals surface area contributed by atoms with Gasteiger partial charge in [0.05, 0.1) is 5.75 Å². The van der Waals surface area contributed by atoms with Gasteiger partial charge >= 0.3 is 0 Å². The van der Waals surface area contributed by atoms with E-state index in [0.29, 0.717) is 12.5 Å². The molecular formula is C13H17BrN2O2S. The second-order valence-electron chi connectivity index (χ2n) is 5.56. The molecule has 3 rings (SSSR count). The van der Waals surface area contributed by atoms with Gasteiger partial charge in [-0.1, -0.05) is 0 Å². The summed E-state index contributed by atoms with van der Waals surface area (Å²) in [7, 11) is -3.21. The topological polar surface area (TPSA) is 50.3 Å². The average Bonchev–Trinajstić information content (AvgIpc) is 2.96. The third kappa shape index (κ3) is 2.58. The van der Waals surface area contributed by atoms with E-state index in [0.717, 1.165) is 28.6 Å². The van der Waals surface area contributed by atoms with Crippen molar-refractivity contribution < 1.29 is 8.42 Å². The van der Waals surface area contributed by atoms with Crippen LogP contribution in [0.25, 0.3) is 0 Å². The maximum absolute atomic E-state index is 12.5. The number of hydrogen-bond donors (Lipinski definition) is 0. The molecule has 2 aliphatic rings. The summed E-state index contributed by atoms with van der Waals surface area (Å²) in [6.45, 7) is 2.57. The van der Waals surface area contributed by atoms with Crippen LogP contribution in [0.5, 0.6) is 0 Å². The lowest BCUT2D eigenvalue weighted by molar-refractivity contribution is 0.333. The van der Waals surface area contributed by atoms with Crippen LogP contribution in [0.4, 0.5) is 0 Å². The highest BCUT2D eigenvalue weighted by molar-refractivity contribution is 9.10. The lowest BCUT2D eigenvalue weighted by Crippen LogP contribution is -2.38. The fraction of sp³-hybridized carbons (Fsp3) is 0.615. The monoisotopic (exact) mass is 344 g/mol. The molecule has 19 heavy (non-hydrogen) atoms. The second-order valence-corrected chi connectivity index (χ2v) is 8.39. The zero-order chi connectivity index (χ0) is 13.6. The first-order valence-corrected chi connectivity index (χ1v) is 8.96. The van der Waals surface area contributed by atoms with Crippen molar-refractivity contribution in [3.63, 3.8) is 0 Å². The van der Waals surface area contributed by atoms with Gasteiger partial charge in [-0.05, 0) is 59.7 Å². The van der Waals surface area contributed by atoms with E-state index in [1.54, 1.807) is 10.5 Å². The van der Waals surface area contributed by atoms with Crippen LogP contribution in [0.3, 0.4) is 0 Å². The molecule has 0 radical (unpaired) electrons. The van der Waals surface area contributed by atoms with Crippen LogP contribution in [0.15, 0.2) is 16.7 Å². The number of halogens is 1. The van der Waals surface area contributed by atoms with Gasteiger partial charge in [0.15, 0.2) is 0 Å². The summed E-state index contributed by atoms with van der Waals surface area (Å²) in [6.07, 6.45) is 4.96. The quantitative estimate of drug-likeness (QED) is 0.846. The summed E-state index contributed by atoms with van der Waals surface area (Å²) >= 11 is 3.35. The van der Waals surface area contributed by atoms with Crippen LogP contribution in [0.2, 0.25) is 0 Å². The standard InChI is InChI=1S/C13H17BrN2O2S/c1-9-11(5-12(14)6-15-9)8-19(17,18)16-7-10-2-3-13(16)4-10/h5-6,10,13H,2-4,7-8H2,1H3. The van der Waals surface area contributed by atoms with E-state index in [1.165, 1.54) is 6.42 Å². The van der Waals surface area contributed by atoms with Crippen molar-refractivity contribution >= 4 is 26.0 Å². The van der Waals surface area contributed by atoms with Gasteiger partial charge < -0.3 is 0 Å². The number of piperidine rings is 1. The second kappa shape index (κ2) is 4.82. The predicted octanol–water partition coefficient (Wildman–Crippen LogP) is 2.47. The lowest BCUT2D eigenvalue weighted by atomic mass is 10.1. The average molecular weight is 345 g/mol. The van der Waals surface area contributed by atoms with E-state index in [4.69, 9.17) is 0 Å². The van der Waals surface area contributed by atoms with Crippen molar-refractivity contribution in [2.24, 2.45) is 5.92 Å². The molecule has 2 bridgehead atoms. The maximum atomic E-state index is 12.5. The highest BCUT2D eigenvalue weighted by atomic mass is 79.9. The summed E-state index contributed by atoms with van der Waals surface area (Å²) in [5.74, 6) is 0.649. The number of aromatic nitrogens is 1. The van der Waals surface area contributed by atoms with E-state index < -0.39 is 10.0 Å². The fourth-order valence-electron chi connectivity index (χ4n) is 3.20. The molecular weight excluding hydrogens is 328 g/mol. The third-order valence-electron chi connectivity index (χ3n) is 4.21. The zero-order valence-electron chi connectivity index (χ0n) is 10.8. The maximum Gasteiger partial charge on any atom is 0.218 e. The van der Waals surface area contributed by atoms with Crippen LogP contribution in [0, 0.1) is 12.8 Å². The molecule has 0 amide bonds. The smallest absolute Gasteiger partial charge is 0.218 e. The molecule has 2 fully saturated rings. The van der Waals surface area contributed by atoms with Gasteiger partial charge in [0.2, 0.25) is 10.0 Å². The number of hydrogen-bond acceptors (Lipinski definition) is 3. The van der Waals surface area contributed by atoms with E-state index in [-0.39, 0.29) is 11.8 Å². The van der Waals surface area contributed by atoms with Crippen molar-refractivity contribution in [3.05, 3.63) is 28.0 Å². The van der Waals surface area contributed by atoms with Gasteiger partial charge in [-0.15, -0.1) is 0 Å². The molecule has 0 N–H and O–H groups in total. The minimum absolute atomic E-state index is 0.0640. The first-order valence-electron chi connectivity index (χ1n) is 6.56. The fourth-order valence-corrected chi connectivity index (χ4v) is 5.51. The molecule has 1 aliphatic carbocycles. The van der Waals surface area contributed by atoms with Crippen molar-refractivity contribution in [2.45, 2.75) is 38.0 Å². The Morgan fingerprint density at radius 2 is 2.26 bits per heavy atom. The number of fused-ring (bicyclic) bond motifs is 2. The van der Waals surface area contributed by atoms with E-state index in [1.807, 2.05) is 13.0 Å². The first kappa shape index (κ1) is 13.5. The van der Waals surface area contributed by atoms with Gasteiger partial charge in [0.1, 0.15) is 0 Å². The molecule has 1 aliphatic heterocycles.